The number of hydrogen-bond acceptors (Lipinski definition) is 2. The summed E-state index contributed by atoms with van der Waals surface area (Å²) in [6, 6.07) is 6.17. The zero-order valence-corrected chi connectivity index (χ0v) is 13.3. The van der Waals surface area contributed by atoms with Gasteiger partial charge in [-0.15, -0.1) is 0 Å². The monoisotopic (exact) mass is 312 g/mol. The van der Waals surface area contributed by atoms with E-state index in [4.69, 9.17) is 5.73 Å². The highest BCUT2D eigenvalue weighted by molar-refractivity contribution is 9.10. The molecule has 0 amide bonds. The van der Waals surface area contributed by atoms with E-state index >= 15 is 0 Å². The van der Waals surface area contributed by atoms with Crippen LogP contribution in [0.5, 0.6) is 0 Å². The van der Waals surface area contributed by atoms with Gasteiger partial charge in [0.1, 0.15) is 0 Å². The summed E-state index contributed by atoms with van der Waals surface area (Å²) in [5.74, 6) is 0.793. The van der Waals surface area contributed by atoms with E-state index in [-0.39, 0.29) is 0 Å². The average Bonchev–Trinajstić information content (AvgIpc) is 2.37. The molecule has 0 radical (unpaired) electrons. The minimum absolute atomic E-state index is 0.793. The average molecular weight is 313 g/mol. The standard InChI is InChI=1S/C15H25BrN2/c1-4-12(5-2)10-18(6-3)11-13-7-8-14(16)9-15(13)17/h7-9,12H,4-6,10-11,17H2,1-3H3. The van der Waals surface area contributed by atoms with Crippen molar-refractivity contribution in [1.29, 1.82) is 0 Å². The number of benzene rings is 1. The largest absolute Gasteiger partial charge is 0.398 e. The minimum atomic E-state index is 0.793. The summed E-state index contributed by atoms with van der Waals surface area (Å²) < 4.78 is 1.05. The first-order valence-corrected chi connectivity index (χ1v) is 7.66. The van der Waals surface area contributed by atoms with Crippen LogP contribution in [0.25, 0.3) is 0 Å². The lowest BCUT2D eigenvalue weighted by Crippen LogP contribution is -2.29. The van der Waals surface area contributed by atoms with E-state index in [9.17, 15) is 0 Å². The lowest BCUT2D eigenvalue weighted by molar-refractivity contribution is 0.226. The zero-order valence-electron chi connectivity index (χ0n) is 11.7. The van der Waals surface area contributed by atoms with E-state index in [1.807, 2.05) is 6.07 Å². The van der Waals surface area contributed by atoms with Crippen molar-refractivity contribution in [2.24, 2.45) is 5.92 Å². The molecule has 0 unspecified atom stereocenters. The first kappa shape index (κ1) is 15.5. The third kappa shape index (κ3) is 4.62. The molecule has 3 heteroatoms. The van der Waals surface area contributed by atoms with E-state index in [0.29, 0.717) is 0 Å². The van der Waals surface area contributed by atoms with Crippen molar-refractivity contribution in [1.82, 2.24) is 4.90 Å². The molecule has 0 aromatic heterocycles. The number of halogens is 1. The molecule has 1 aromatic carbocycles. The van der Waals surface area contributed by atoms with Gasteiger partial charge in [0, 0.05) is 23.2 Å². The van der Waals surface area contributed by atoms with Crippen molar-refractivity contribution >= 4 is 21.6 Å². The topological polar surface area (TPSA) is 29.3 Å². The molecule has 2 nitrogen and oxygen atoms in total. The molecular weight excluding hydrogens is 288 g/mol. The Labute approximate surface area is 120 Å². The van der Waals surface area contributed by atoms with E-state index in [1.54, 1.807) is 0 Å². The van der Waals surface area contributed by atoms with Gasteiger partial charge in [-0.1, -0.05) is 55.6 Å². The van der Waals surface area contributed by atoms with Gasteiger partial charge in [-0.25, -0.2) is 0 Å². The molecule has 0 atom stereocenters. The lowest BCUT2D eigenvalue weighted by Gasteiger charge is -2.25. The first-order valence-electron chi connectivity index (χ1n) is 6.86. The van der Waals surface area contributed by atoms with Gasteiger partial charge in [-0.05, 0) is 30.2 Å². The summed E-state index contributed by atoms with van der Waals surface area (Å²) in [5.41, 5.74) is 8.17. The number of rotatable bonds is 7. The Balaban J connectivity index is 2.67. The molecule has 2 N–H and O–H groups in total. The van der Waals surface area contributed by atoms with Crippen molar-refractivity contribution in [3.05, 3.63) is 28.2 Å². The van der Waals surface area contributed by atoms with Gasteiger partial charge < -0.3 is 5.73 Å². The number of nitrogens with two attached hydrogens (primary N) is 1. The Bertz CT molecular complexity index is 362. The number of nitrogen functional groups attached to an aromatic ring is 1. The number of nitrogens with zero attached hydrogens (tertiary/aromatic N) is 1. The highest BCUT2D eigenvalue weighted by atomic mass is 79.9. The normalized spacial score (nSPS) is 11.4. The fourth-order valence-corrected chi connectivity index (χ4v) is 2.55. The summed E-state index contributed by atoms with van der Waals surface area (Å²) in [7, 11) is 0. The van der Waals surface area contributed by atoms with Crippen molar-refractivity contribution in [3.63, 3.8) is 0 Å². The molecule has 102 valence electrons. The quantitative estimate of drug-likeness (QED) is 0.761. The highest BCUT2D eigenvalue weighted by Gasteiger charge is 2.11. The fourth-order valence-electron chi connectivity index (χ4n) is 2.17. The molecule has 0 saturated heterocycles. The van der Waals surface area contributed by atoms with Crippen molar-refractivity contribution in [3.8, 4) is 0 Å². The maximum Gasteiger partial charge on any atom is 0.0371 e. The molecule has 0 fully saturated rings. The van der Waals surface area contributed by atoms with Crippen LogP contribution in [-0.4, -0.2) is 18.0 Å². The molecule has 0 spiro atoms. The van der Waals surface area contributed by atoms with E-state index in [2.05, 4.69) is 53.7 Å². The van der Waals surface area contributed by atoms with E-state index < -0.39 is 0 Å². The van der Waals surface area contributed by atoms with Crippen LogP contribution in [0.3, 0.4) is 0 Å². The van der Waals surface area contributed by atoms with Crippen LogP contribution >= 0.6 is 15.9 Å². The second kappa shape index (κ2) is 7.80. The predicted octanol–water partition coefficient (Wildman–Crippen LogP) is 4.29. The Morgan fingerprint density at radius 1 is 1.22 bits per heavy atom. The molecular formula is C15H25BrN2. The Kier molecular flexibility index (Phi) is 6.72. The van der Waals surface area contributed by atoms with Crippen LogP contribution in [-0.2, 0) is 6.54 Å². The van der Waals surface area contributed by atoms with E-state index in [1.165, 1.54) is 24.9 Å². The second-order valence-corrected chi connectivity index (χ2v) is 5.77. The van der Waals surface area contributed by atoms with Crippen LogP contribution in [0.4, 0.5) is 5.69 Å². The van der Waals surface area contributed by atoms with Gasteiger partial charge in [0.05, 0.1) is 0 Å². The van der Waals surface area contributed by atoms with Gasteiger partial charge in [-0.2, -0.15) is 0 Å². The van der Waals surface area contributed by atoms with Gasteiger partial charge in [0.2, 0.25) is 0 Å². The summed E-state index contributed by atoms with van der Waals surface area (Å²) in [5, 5.41) is 0. The fraction of sp³-hybridized carbons (Fsp3) is 0.600. The Hall–Kier alpha value is -0.540. The number of hydrogen-bond donors (Lipinski definition) is 1. The lowest BCUT2D eigenvalue weighted by atomic mass is 10.0. The highest BCUT2D eigenvalue weighted by Crippen LogP contribution is 2.21. The minimum Gasteiger partial charge on any atom is -0.398 e. The van der Waals surface area contributed by atoms with E-state index in [0.717, 1.165) is 29.2 Å². The van der Waals surface area contributed by atoms with Gasteiger partial charge in [0.25, 0.3) is 0 Å². The molecule has 0 aliphatic heterocycles. The zero-order chi connectivity index (χ0) is 13.5. The summed E-state index contributed by atoms with van der Waals surface area (Å²) >= 11 is 3.45. The predicted molar refractivity (Wildman–Crippen MR) is 83.6 cm³/mol. The summed E-state index contributed by atoms with van der Waals surface area (Å²) in [4.78, 5) is 2.48. The van der Waals surface area contributed by atoms with Crippen LogP contribution in [0.2, 0.25) is 0 Å². The third-order valence-corrected chi connectivity index (χ3v) is 4.11. The smallest absolute Gasteiger partial charge is 0.0371 e. The third-order valence-electron chi connectivity index (χ3n) is 3.62. The molecule has 0 saturated carbocycles. The second-order valence-electron chi connectivity index (χ2n) is 4.85. The Morgan fingerprint density at radius 2 is 1.89 bits per heavy atom. The molecule has 0 aliphatic rings. The van der Waals surface area contributed by atoms with Crippen molar-refractivity contribution in [2.45, 2.75) is 40.2 Å². The van der Waals surface area contributed by atoms with Crippen LogP contribution in [0.15, 0.2) is 22.7 Å². The number of anilines is 1. The molecule has 0 heterocycles. The molecule has 1 aromatic rings. The molecule has 0 bridgehead atoms. The summed E-state index contributed by atoms with van der Waals surface area (Å²) in [6.07, 6.45) is 2.51. The van der Waals surface area contributed by atoms with Crippen LogP contribution in [0.1, 0.15) is 39.2 Å². The maximum absolute atomic E-state index is 6.06. The van der Waals surface area contributed by atoms with Crippen molar-refractivity contribution < 1.29 is 0 Å². The molecule has 1 rings (SSSR count). The van der Waals surface area contributed by atoms with Crippen LogP contribution in [0, 0.1) is 5.92 Å². The van der Waals surface area contributed by atoms with Gasteiger partial charge >= 0.3 is 0 Å². The Morgan fingerprint density at radius 3 is 2.39 bits per heavy atom. The van der Waals surface area contributed by atoms with Crippen LogP contribution < -0.4 is 5.73 Å². The maximum atomic E-state index is 6.06. The summed E-state index contributed by atoms with van der Waals surface area (Å²) in [6.45, 7) is 9.96. The molecule has 18 heavy (non-hydrogen) atoms. The SMILES string of the molecule is CCC(CC)CN(CC)Cc1ccc(Br)cc1N. The first-order chi connectivity index (χ1) is 8.60. The molecule has 0 aliphatic carbocycles. The van der Waals surface area contributed by atoms with Gasteiger partial charge in [0.15, 0.2) is 0 Å². The van der Waals surface area contributed by atoms with Crippen molar-refractivity contribution in [2.75, 3.05) is 18.8 Å². The van der Waals surface area contributed by atoms with Gasteiger partial charge in [-0.3, -0.25) is 4.90 Å².